The van der Waals surface area contributed by atoms with Gasteiger partial charge in [-0.05, 0) is 52.0 Å². The minimum absolute atomic E-state index is 0.533. The maximum absolute atomic E-state index is 11.9. The Morgan fingerprint density at radius 2 is 1.68 bits per heavy atom. The smallest absolute Gasteiger partial charge is 0.250 e. The van der Waals surface area contributed by atoms with Gasteiger partial charge in [0.2, 0.25) is 0 Å². The maximum atomic E-state index is 11.9. The van der Waals surface area contributed by atoms with Gasteiger partial charge in [0.1, 0.15) is 5.75 Å². The van der Waals surface area contributed by atoms with Crippen LogP contribution in [0.15, 0.2) is 78.4 Å². The van der Waals surface area contributed by atoms with Gasteiger partial charge >= 0.3 is 0 Å². The van der Waals surface area contributed by atoms with Crippen molar-refractivity contribution in [1.29, 1.82) is 0 Å². The third-order valence-corrected chi connectivity index (χ3v) is 5.70. The SMILES string of the molecule is CCC1=C(C(O)C(N)=O)c2c(OC)cccc2C1=Cc1ccccc1-c1ccccc1. The summed E-state index contributed by atoms with van der Waals surface area (Å²) >= 11 is 0. The number of methoxy groups -OCH3 is 1. The molecule has 0 saturated heterocycles. The Morgan fingerprint density at radius 3 is 2.35 bits per heavy atom. The molecule has 4 rings (SSSR count). The van der Waals surface area contributed by atoms with Crippen LogP contribution < -0.4 is 10.5 Å². The van der Waals surface area contributed by atoms with Crippen LogP contribution in [0.4, 0.5) is 0 Å². The molecule has 1 aliphatic rings. The molecule has 3 N–H and O–H groups in total. The Labute approximate surface area is 182 Å². The second-order valence-electron chi connectivity index (χ2n) is 7.44. The molecule has 0 heterocycles. The number of hydrogen-bond acceptors (Lipinski definition) is 3. The number of carbonyl (C=O) groups excluding carboxylic acids is 1. The molecule has 3 aromatic carbocycles. The Bertz CT molecular complexity index is 1190. The number of rotatable bonds is 6. The molecule has 4 nitrogen and oxygen atoms in total. The van der Waals surface area contributed by atoms with Crippen LogP contribution >= 0.6 is 0 Å². The van der Waals surface area contributed by atoms with Gasteiger partial charge in [-0.25, -0.2) is 0 Å². The largest absolute Gasteiger partial charge is 0.496 e. The molecule has 1 atom stereocenters. The Balaban J connectivity index is 1.98. The second-order valence-corrected chi connectivity index (χ2v) is 7.44. The van der Waals surface area contributed by atoms with E-state index in [0.29, 0.717) is 17.7 Å². The number of ether oxygens (including phenoxy) is 1. The minimum atomic E-state index is -1.40. The summed E-state index contributed by atoms with van der Waals surface area (Å²) in [5, 5.41) is 10.7. The number of aliphatic hydroxyl groups is 1. The number of carbonyl (C=O) groups is 1. The van der Waals surface area contributed by atoms with E-state index >= 15 is 0 Å². The highest BCUT2D eigenvalue weighted by molar-refractivity contribution is 6.12. The highest BCUT2D eigenvalue weighted by atomic mass is 16.5. The third kappa shape index (κ3) is 3.66. The van der Waals surface area contributed by atoms with Crippen LogP contribution in [0.2, 0.25) is 0 Å². The van der Waals surface area contributed by atoms with Crippen LogP contribution in [0.25, 0.3) is 28.3 Å². The number of aliphatic hydroxyl groups excluding tert-OH is 1. The fraction of sp³-hybridized carbons (Fsp3) is 0.148. The number of fused-ring (bicyclic) bond motifs is 1. The lowest BCUT2D eigenvalue weighted by Gasteiger charge is -2.14. The molecule has 4 heteroatoms. The predicted octanol–water partition coefficient (Wildman–Crippen LogP) is 4.93. The molecular weight excluding hydrogens is 386 g/mol. The van der Waals surface area contributed by atoms with E-state index in [0.717, 1.165) is 39.0 Å². The van der Waals surface area contributed by atoms with Crippen LogP contribution in [0, 0.1) is 0 Å². The van der Waals surface area contributed by atoms with Gasteiger partial charge in [0, 0.05) is 11.1 Å². The number of amides is 1. The fourth-order valence-electron chi connectivity index (χ4n) is 4.31. The standard InChI is InChI=1S/C27H25NO3/c1-3-19-22(16-18-12-7-8-13-20(18)17-10-5-4-6-11-17)21-14-9-15-23(31-2)24(21)25(19)26(29)27(28)30/h4-16,26,29H,3H2,1-2H3,(H2,28,30). The molecule has 31 heavy (non-hydrogen) atoms. The minimum Gasteiger partial charge on any atom is -0.496 e. The Morgan fingerprint density at radius 1 is 1.00 bits per heavy atom. The average molecular weight is 412 g/mol. The maximum Gasteiger partial charge on any atom is 0.250 e. The molecule has 0 saturated carbocycles. The molecule has 1 amide bonds. The summed E-state index contributed by atoms with van der Waals surface area (Å²) in [7, 11) is 1.59. The molecule has 3 aromatic rings. The van der Waals surface area contributed by atoms with Crippen molar-refractivity contribution in [3.05, 3.63) is 95.1 Å². The molecule has 0 spiro atoms. The molecule has 0 aromatic heterocycles. The summed E-state index contributed by atoms with van der Waals surface area (Å²) in [5.74, 6) is -0.165. The van der Waals surface area contributed by atoms with Crippen LogP contribution in [-0.4, -0.2) is 24.2 Å². The Kier molecular flexibility index (Phi) is 5.74. The van der Waals surface area contributed by atoms with Crippen molar-refractivity contribution in [2.24, 2.45) is 5.73 Å². The van der Waals surface area contributed by atoms with E-state index in [9.17, 15) is 9.90 Å². The van der Waals surface area contributed by atoms with Crippen LogP contribution in [0.5, 0.6) is 5.75 Å². The van der Waals surface area contributed by atoms with Gasteiger partial charge in [0.05, 0.1) is 7.11 Å². The first-order valence-corrected chi connectivity index (χ1v) is 10.3. The van der Waals surface area contributed by atoms with Crippen molar-refractivity contribution in [3.8, 4) is 16.9 Å². The normalized spacial score (nSPS) is 15.1. The molecule has 0 bridgehead atoms. The molecule has 0 aliphatic heterocycles. The molecular formula is C27H25NO3. The lowest BCUT2D eigenvalue weighted by molar-refractivity contribution is -0.123. The van der Waals surface area contributed by atoms with Gasteiger partial charge in [0.25, 0.3) is 5.91 Å². The molecule has 0 fully saturated rings. The zero-order chi connectivity index (χ0) is 22.0. The summed E-state index contributed by atoms with van der Waals surface area (Å²) < 4.78 is 5.58. The number of nitrogens with two attached hydrogens (primary N) is 1. The summed E-state index contributed by atoms with van der Waals surface area (Å²) in [6.45, 7) is 2.01. The number of benzene rings is 3. The monoisotopic (exact) mass is 411 g/mol. The molecule has 1 unspecified atom stereocenters. The van der Waals surface area contributed by atoms with E-state index in [1.165, 1.54) is 0 Å². The van der Waals surface area contributed by atoms with E-state index in [-0.39, 0.29) is 0 Å². The van der Waals surface area contributed by atoms with Gasteiger partial charge in [-0.1, -0.05) is 73.7 Å². The average Bonchev–Trinajstić information content (AvgIpc) is 3.12. The molecule has 1 aliphatic carbocycles. The zero-order valence-electron chi connectivity index (χ0n) is 17.6. The highest BCUT2D eigenvalue weighted by Gasteiger charge is 2.34. The summed E-state index contributed by atoms with van der Waals surface area (Å²) in [4.78, 5) is 11.9. The van der Waals surface area contributed by atoms with Crippen LogP contribution in [0.1, 0.15) is 30.0 Å². The topological polar surface area (TPSA) is 72.5 Å². The first-order chi connectivity index (χ1) is 15.1. The third-order valence-electron chi connectivity index (χ3n) is 5.70. The first-order valence-electron chi connectivity index (χ1n) is 10.3. The number of hydrogen-bond donors (Lipinski definition) is 2. The van der Waals surface area contributed by atoms with E-state index < -0.39 is 12.0 Å². The number of primary amides is 1. The molecule has 0 radical (unpaired) electrons. The van der Waals surface area contributed by atoms with Crippen molar-refractivity contribution in [2.45, 2.75) is 19.4 Å². The predicted molar refractivity (Wildman–Crippen MR) is 125 cm³/mol. The second kappa shape index (κ2) is 8.62. The lowest BCUT2D eigenvalue weighted by Crippen LogP contribution is -2.29. The van der Waals surface area contributed by atoms with Gasteiger partial charge < -0.3 is 15.6 Å². The quantitative estimate of drug-likeness (QED) is 0.604. The summed E-state index contributed by atoms with van der Waals surface area (Å²) in [6, 6.07) is 24.2. The highest BCUT2D eigenvalue weighted by Crippen LogP contribution is 2.49. The first kappa shape index (κ1) is 20.6. The van der Waals surface area contributed by atoms with Crippen molar-refractivity contribution < 1.29 is 14.6 Å². The van der Waals surface area contributed by atoms with Gasteiger partial charge in [0.15, 0.2) is 6.10 Å². The van der Waals surface area contributed by atoms with Crippen LogP contribution in [0.3, 0.4) is 0 Å². The van der Waals surface area contributed by atoms with Gasteiger partial charge in [-0.2, -0.15) is 0 Å². The number of allylic oxidation sites excluding steroid dienone is 2. The van der Waals surface area contributed by atoms with Crippen molar-refractivity contribution in [1.82, 2.24) is 0 Å². The lowest BCUT2D eigenvalue weighted by atomic mass is 9.94. The van der Waals surface area contributed by atoms with E-state index in [2.05, 4.69) is 30.3 Å². The van der Waals surface area contributed by atoms with Crippen molar-refractivity contribution >= 4 is 23.1 Å². The summed E-state index contributed by atoms with van der Waals surface area (Å²) in [6.07, 6.45) is 1.36. The van der Waals surface area contributed by atoms with E-state index in [1.807, 2.05) is 55.5 Å². The summed E-state index contributed by atoms with van der Waals surface area (Å²) in [5.41, 5.74) is 12.8. The Hall–Kier alpha value is -3.63. The van der Waals surface area contributed by atoms with Gasteiger partial charge in [-0.15, -0.1) is 0 Å². The molecule has 156 valence electrons. The van der Waals surface area contributed by atoms with Crippen LogP contribution in [-0.2, 0) is 4.79 Å². The van der Waals surface area contributed by atoms with E-state index in [4.69, 9.17) is 10.5 Å². The van der Waals surface area contributed by atoms with E-state index in [1.54, 1.807) is 7.11 Å². The van der Waals surface area contributed by atoms with Crippen molar-refractivity contribution in [3.63, 3.8) is 0 Å². The van der Waals surface area contributed by atoms with Crippen molar-refractivity contribution in [2.75, 3.05) is 7.11 Å². The zero-order valence-corrected chi connectivity index (χ0v) is 17.6. The fourth-order valence-corrected chi connectivity index (χ4v) is 4.31. The van der Waals surface area contributed by atoms with Gasteiger partial charge in [-0.3, -0.25) is 4.79 Å².